The van der Waals surface area contributed by atoms with Gasteiger partial charge in [-0.05, 0) is 13.8 Å². The fourth-order valence-corrected chi connectivity index (χ4v) is 1.88. The minimum Gasteiger partial charge on any atom is -0.339 e. The SMILES string of the molecule is CC(C)(N)C(=O)N1CCN(CC(F)(F)C(F)F)CC1.Cl.Cl. The maximum Gasteiger partial charge on any atom is 0.319 e. The smallest absolute Gasteiger partial charge is 0.319 e. The van der Waals surface area contributed by atoms with Crippen molar-refractivity contribution in [2.75, 3.05) is 32.7 Å². The van der Waals surface area contributed by atoms with Gasteiger partial charge in [-0.2, -0.15) is 8.78 Å². The molecule has 0 atom stereocenters. The molecule has 10 heteroatoms. The highest BCUT2D eigenvalue weighted by Crippen LogP contribution is 2.24. The Kier molecular flexibility index (Phi) is 9.14. The van der Waals surface area contributed by atoms with E-state index in [0.29, 0.717) is 0 Å². The monoisotopic (exact) mass is 357 g/mol. The molecule has 1 saturated heterocycles. The van der Waals surface area contributed by atoms with E-state index in [1.165, 1.54) is 9.80 Å². The van der Waals surface area contributed by atoms with Crippen LogP contribution in [-0.4, -0.2) is 66.3 Å². The van der Waals surface area contributed by atoms with E-state index in [2.05, 4.69) is 0 Å². The number of nitrogens with zero attached hydrogens (tertiary/aromatic N) is 2. The molecule has 0 bridgehead atoms. The van der Waals surface area contributed by atoms with Gasteiger partial charge in [-0.1, -0.05) is 0 Å². The molecule has 1 aliphatic rings. The number of carbonyl (C=O) groups is 1. The van der Waals surface area contributed by atoms with Crippen molar-refractivity contribution in [3.8, 4) is 0 Å². The Morgan fingerprint density at radius 2 is 1.57 bits per heavy atom. The molecule has 1 heterocycles. The fourth-order valence-electron chi connectivity index (χ4n) is 1.88. The first-order valence-electron chi connectivity index (χ1n) is 6.00. The zero-order chi connectivity index (χ0) is 14.8. The molecular formula is C11H21Cl2F4N3O. The molecular weight excluding hydrogens is 337 g/mol. The second kappa shape index (κ2) is 8.36. The topological polar surface area (TPSA) is 49.6 Å². The average molecular weight is 358 g/mol. The molecule has 0 aromatic rings. The second-order valence-electron chi connectivity index (χ2n) is 5.35. The summed E-state index contributed by atoms with van der Waals surface area (Å²) in [6.45, 7) is 2.86. The molecule has 0 spiro atoms. The van der Waals surface area contributed by atoms with Gasteiger partial charge in [0.05, 0.1) is 12.1 Å². The number of rotatable bonds is 4. The number of carbonyl (C=O) groups excluding carboxylic acids is 1. The Morgan fingerprint density at radius 1 is 1.14 bits per heavy atom. The van der Waals surface area contributed by atoms with Crippen LogP contribution < -0.4 is 5.73 Å². The van der Waals surface area contributed by atoms with Crippen molar-refractivity contribution in [3.05, 3.63) is 0 Å². The second-order valence-corrected chi connectivity index (χ2v) is 5.35. The van der Waals surface area contributed by atoms with Crippen LogP contribution in [0.15, 0.2) is 0 Å². The first kappa shape index (κ1) is 23.0. The van der Waals surface area contributed by atoms with E-state index in [1.807, 2.05) is 0 Å². The van der Waals surface area contributed by atoms with E-state index in [-0.39, 0.29) is 56.9 Å². The largest absolute Gasteiger partial charge is 0.339 e. The van der Waals surface area contributed by atoms with Crippen LogP contribution in [0.2, 0.25) is 0 Å². The first-order valence-corrected chi connectivity index (χ1v) is 6.00. The Hall–Kier alpha value is -0.310. The van der Waals surface area contributed by atoms with Gasteiger partial charge in [0.15, 0.2) is 0 Å². The maximum atomic E-state index is 12.9. The van der Waals surface area contributed by atoms with Gasteiger partial charge in [-0.15, -0.1) is 24.8 Å². The van der Waals surface area contributed by atoms with Crippen molar-refractivity contribution < 1.29 is 22.4 Å². The van der Waals surface area contributed by atoms with Gasteiger partial charge in [0.25, 0.3) is 0 Å². The number of nitrogens with two attached hydrogens (primary N) is 1. The third-order valence-electron chi connectivity index (χ3n) is 2.96. The lowest BCUT2D eigenvalue weighted by Crippen LogP contribution is -2.58. The lowest BCUT2D eigenvalue weighted by Gasteiger charge is -2.38. The Bertz CT molecular complexity index is 332. The Labute approximate surface area is 133 Å². The standard InChI is InChI=1S/C11H19F4N3O.2ClH/c1-10(2,16)9(19)18-5-3-17(4-6-18)7-11(14,15)8(12)13;;/h8H,3-7,16H2,1-2H3;2*1H. The van der Waals surface area contributed by atoms with Crippen LogP contribution >= 0.6 is 24.8 Å². The summed E-state index contributed by atoms with van der Waals surface area (Å²) in [7, 11) is 0. The molecule has 0 radical (unpaired) electrons. The van der Waals surface area contributed by atoms with Gasteiger partial charge >= 0.3 is 12.3 Å². The maximum absolute atomic E-state index is 12.9. The van der Waals surface area contributed by atoms with Gasteiger partial charge in [0.2, 0.25) is 5.91 Å². The molecule has 1 amide bonds. The molecule has 0 saturated carbocycles. The number of halogens is 6. The Morgan fingerprint density at radius 3 is 1.90 bits per heavy atom. The molecule has 0 unspecified atom stereocenters. The summed E-state index contributed by atoms with van der Waals surface area (Å²) in [6, 6.07) is 0. The molecule has 1 rings (SSSR count). The molecule has 1 aliphatic heterocycles. The van der Waals surface area contributed by atoms with Crippen LogP contribution in [0.4, 0.5) is 17.6 Å². The molecule has 2 N–H and O–H groups in total. The molecule has 1 fully saturated rings. The summed E-state index contributed by atoms with van der Waals surface area (Å²) in [5, 5.41) is 0. The molecule has 21 heavy (non-hydrogen) atoms. The van der Waals surface area contributed by atoms with Crippen LogP contribution in [-0.2, 0) is 4.79 Å². The highest BCUT2D eigenvalue weighted by molar-refractivity contribution is 5.86. The van der Waals surface area contributed by atoms with Crippen molar-refractivity contribution in [3.63, 3.8) is 0 Å². The molecule has 0 aliphatic carbocycles. The predicted molar refractivity (Wildman–Crippen MR) is 76.7 cm³/mol. The van der Waals surface area contributed by atoms with E-state index in [4.69, 9.17) is 5.73 Å². The number of hydrogen-bond acceptors (Lipinski definition) is 3. The first-order chi connectivity index (χ1) is 8.54. The number of amides is 1. The van der Waals surface area contributed by atoms with E-state index < -0.39 is 24.4 Å². The van der Waals surface area contributed by atoms with Crippen molar-refractivity contribution in [2.45, 2.75) is 31.7 Å². The number of piperazine rings is 1. The highest BCUT2D eigenvalue weighted by Gasteiger charge is 2.43. The normalized spacial score (nSPS) is 17.2. The fraction of sp³-hybridized carbons (Fsp3) is 0.909. The number of alkyl halides is 4. The van der Waals surface area contributed by atoms with Gasteiger partial charge in [0, 0.05) is 26.2 Å². The van der Waals surface area contributed by atoms with E-state index in [1.54, 1.807) is 13.8 Å². The summed E-state index contributed by atoms with van der Waals surface area (Å²) < 4.78 is 49.9. The van der Waals surface area contributed by atoms with Crippen LogP contribution in [0.3, 0.4) is 0 Å². The van der Waals surface area contributed by atoms with Gasteiger partial charge in [-0.25, -0.2) is 8.78 Å². The van der Waals surface area contributed by atoms with E-state index in [0.717, 1.165) is 0 Å². The van der Waals surface area contributed by atoms with Gasteiger partial charge in [-0.3, -0.25) is 9.69 Å². The third-order valence-corrected chi connectivity index (χ3v) is 2.96. The summed E-state index contributed by atoms with van der Waals surface area (Å²) in [5.41, 5.74) is 4.64. The summed E-state index contributed by atoms with van der Waals surface area (Å²) in [6.07, 6.45) is -3.67. The van der Waals surface area contributed by atoms with Crippen LogP contribution in [0, 0.1) is 0 Å². The molecule has 0 aromatic carbocycles. The lowest BCUT2D eigenvalue weighted by molar-refractivity contribution is -0.149. The van der Waals surface area contributed by atoms with Crippen molar-refractivity contribution in [2.24, 2.45) is 5.73 Å². The van der Waals surface area contributed by atoms with Crippen molar-refractivity contribution in [1.82, 2.24) is 9.80 Å². The minimum atomic E-state index is -4.01. The lowest BCUT2D eigenvalue weighted by atomic mass is 10.0. The predicted octanol–water partition coefficient (Wildman–Crippen LogP) is 1.61. The van der Waals surface area contributed by atoms with Crippen LogP contribution in [0.25, 0.3) is 0 Å². The van der Waals surface area contributed by atoms with Gasteiger partial charge in [0.1, 0.15) is 0 Å². The van der Waals surface area contributed by atoms with E-state index >= 15 is 0 Å². The van der Waals surface area contributed by atoms with E-state index in [9.17, 15) is 22.4 Å². The average Bonchev–Trinajstić information content (AvgIpc) is 2.27. The number of hydrogen-bond donors (Lipinski definition) is 1. The summed E-state index contributed by atoms with van der Waals surface area (Å²) >= 11 is 0. The molecule has 4 nitrogen and oxygen atoms in total. The summed E-state index contributed by atoms with van der Waals surface area (Å²) in [5.74, 6) is -4.29. The summed E-state index contributed by atoms with van der Waals surface area (Å²) in [4.78, 5) is 14.5. The van der Waals surface area contributed by atoms with Crippen LogP contribution in [0.5, 0.6) is 0 Å². The minimum absolute atomic E-state index is 0. The zero-order valence-electron chi connectivity index (χ0n) is 11.8. The van der Waals surface area contributed by atoms with Crippen molar-refractivity contribution >= 4 is 30.7 Å². The molecule has 0 aromatic heterocycles. The Balaban J connectivity index is 0. The highest BCUT2D eigenvalue weighted by atomic mass is 35.5. The van der Waals surface area contributed by atoms with Crippen molar-refractivity contribution in [1.29, 1.82) is 0 Å². The van der Waals surface area contributed by atoms with Crippen LogP contribution in [0.1, 0.15) is 13.8 Å². The third kappa shape index (κ3) is 6.54. The van der Waals surface area contributed by atoms with Gasteiger partial charge < -0.3 is 10.6 Å². The quantitative estimate of drug-likeness (QED) is 0.777. The molecule has 128 valence electrons. The zero-order valence-corrected chi connectivity index (χ0v) is 13.5.